The summed E-state index contributed by atoms with van der Waals surface area (Å²) in [4.78, 5) is 11.5. The number of esters is 1. The Balaban J connectivity index is 1.82. The molecular formula is C15H24O7. The van der Waals surface area contributed by atoms with Gasteiger partial charge in [-0.3, -0.25) is 4.79 Å². The minimum Gasteiger partial charge on any atom is -0.469 e. The molecule has 0 N–H and O–H groups in total. The van der Waals surface area contributed by atoms with Crippen LogP contribution in [0, 0.1) is 0 Å². The number of rotatable bonds is 3. The van der Waals surface area contributed by atoms with Crippen molar-refractivity contribution in [2.24, 2.45) is 0 Å². The second kappa shape index (κ2) is 5.14. The van der Waals surface area contributed by atoms with Crippen LogP contribution in [-0.2, 0) is 33.2 Å². The molecule has 3 fully saturated rings. The van der Waals surface area contributed by atoms with Gasteiger partial charge in [0.1, 0.15) is 18.3 Å². The molecule has 7 heteroatoms. The highest BCUT2D eigenvalue weighted by molar-refractivity contribution is 5.69. The van der Waals surface area contributed by atoms with E-state index in [9.17, 15) is 4.79 Å². The van der Waals surface area contributed by atoms with E-state index in [1.165, 1.54) is 7.11 Å². The van der Waals surface area contributed by atoms with E-state index in [2.05, 4.69) is 0 Å². The average molecular weight is 316 g/mol. The Hall–Kier alpha value is -0.730. The second-order valence-electron chi connectivity index (χ2n) is 6.88. The molecule has 0 amide bonds. The van der Waals surface area contributed by atoms with Crippen LogP contribution in [0.25, 0.3) is 0 Å². The normalized spacial score (nSPS) is 41.8. The maximum absolute atomic E-state index is 11.5. The summed E-state index contributed by atoms with van der Waals surface area (Å²) in [6.07, 6.45) is -0.420. The molecule has 3 aliphatic heterocycles. The van der Waals surface area contributed by atoms with Crippen LogP contribution in [-0.4, -0.2) is 55.4 Å². The van der Waals surface area contributed by atoms with Crippen LogP contribution in [0.4, 0.5) is 0 Å². The third kappa shape index (κ3) is 2.76. The van der Waals surface area contributed by atoms with Crippen molar-refractivity contribution < 1.29 is 33.2 Å². The third-order valence-electron chi connectivity index (χ3n) is 4.20. The van der Waals surface area contributed by atoms with Crippen molar-refractivity contribution in [1.82, 2.24) is 0 Å². The second-order valence-corrected chi connectivity index (χ2v) is 6.88. The van der Waals surface area contributed by atoms with Crippen molar-refractivity contribution >= 4 is 5.97 Å². The van der Waals surface area contributed by atoms with Crippen LogP contribution in [0.15, 0.2) is 0 Å². The Morgan fingerprint density at radius 3 is 2.55 bits per heavy atom. The van der Waals surface area contributed by atoms with E-state index in [4.69, 9.17) is 28.4 Å². The highest BCUT2D eigenvalue weighted by Crippen LogP contribution is 2.50. The van der Waals surface area contributed by atoms with Crippen LogP contribution in [0.1, 0.15) is 40.5 Å². The maximum atomic E-state index is 11.5. The Morgan fingerprint density at radius 1 is 1.14 bits per heavy atom. The molecule has 4 atom stereocenters. The van der Waals surface area contributed by atoms with Crippen LogP contribution in [0.5, 0.6) is 0 Å². The standard InChI is InChI=1S/C15H24O7/c1-13(2)18-8-9-11(20-13)12-15(19-9,7-6-10(16)17-5)22-14(3,4)21-12/h9,11-12H,6-8H2,1-5H3/t9-,11+,12-,15-/m0/s1. The number of carbonyl (C=O) groups is 1. The first-order valence-corrected chi connectivity index (χ1v) is 7.61. The largest absolute Gasteiger partial charge is 0.469 e. The Kier molecular flexibility index (Phi) is 3.77. The zero-order valence-corrected chi connectivity index (χ0v) is 13.7. The van der Waals surface area contributed by atoms with Gasteiger partial charge in [-0.15, -0.1) is 0 Å². The number of fused-ring (bicyclic) bond motifs is 3. The molecule has 3 saturated heterocycles. The lowest BCUT2D eigenvalue weighted by Gasteiger charge is -2.38. The third-order valence-corrected chi connectivity index (χ3v) is 4.20. The van der Waals surface area contributed by atoms with Gasteiger partial charge in [0.15, 0.2) is 11.6 Å². The fourth-order valence-electron chi connectivity index (χ4n) is 3.36. The van der Waals surface area contributed by atoms with Gasteiger partial charge in [-0.1, -0.05) is 0 Å². The van der Waals surface area contributed by atoms with Crippen LogP contribution >= 0.6 is 0 Å². The molecule has 3 heterocycles. The summed E-state index contributed by atoms with van der Waals surface area (Å²) in [5, 5.41) is 0. The van der Waals surface area contributed by atoms with Crippen molar-refractivity contribution in [1.29, 1.82) is 0 Å². The lowest BCUT2D eigenvalue weighted by molar-refractivity contribution is -0.328. The van der Waals surface area contributed by atoms with E-state index in [1.807, 2.05) is 27.7 Å². The summed E-state index contributed by atoms with van der Waals surface area (Å²) >= 11 is 0. The molecule has 0 spiro atoms. The topological polar surface area (TPSA) is 72.5 Å². The molecule has 0 aromatic carbocycles. The van der Waals surface area contributed by atoms with Crippen molar-refractivity contribution in [3.63, 3.8) is 0 Å². The highest BCUT2D eigenvalue weighted by Gasteiger charge is 2.66. The summed E-state index contributed by atoms with van der Waals surface area (Å²) < 4.78 is 34.5. The minimum absolute atomic E-state index is 0.191. The summed E-state index contributed by atoms with van der Waals surface area (Å²) in [6, 6.07) is 0. The molecule has 3 aliphatic rings. The van der Waals surface area contributed by atoms with E-state index >= 15 is 0 Å². The van der Waals surface area contributed by atoms with Gasteiger partial charge in [-0.25, -0.2) is 0 Å². The van der Waals surface area contributed by atoms with E-state index in [0.29, 0.717) is 13.0 Å². The number of hydrogen-bond acceptors (Lipinski definition) is 7. The minimum atomic E-state index is -1.00. The molecular weight excluding hydrogens is 292 g/mol. The van der Waals surface area contributed by atoms with Crippen LogP contribution < -0.4 is 0 Å². The van der Waals surface area contributed by atoms with E-state index in [-0.39, 0.29) is 24.6 Å². The first kappa shape index (κ1) is 16.1. The number of methoxy groups -OCH3 is 1. The van der Waals surface area contributed by atoms with Crippen LogP contribution in [0.2, 0.25) is 0 Å². The van der Waals surface area contributed by atoms with Gasteiger partial charge in [0.25, 0.3) is 0 Å². The Bertz CT molecular complexity index is 461. The zero-order valence-electron chi connectivity index (χ0n) is 13.7. The van der Waals surface area contributed by atoms with E-state index in [0.717, 1.165) is 0 Å². The maximum Gasteiger partial charge on any atom is 0.305 e. The predicted molar refractivity (Wildman–Crippen MR) is 73.8 cm³/mol. The van der Waals surface area contributed by atoms with Gasteiger partial charge in [0, 0.05) is 6.42 Å². The lowest BCUT2D eigenvalue weighted by Crippen LogP contribution is -2.51. The highest BCUT2D eigenvalue weighted by atomic mass is 16.9. The van der Waals surface area contributed by atoms with Gasteiger partial charge < -0.3 is 28.4 Å². The quantitative estimate of drug-likeness (QED) is 0.727. The average Bonchev–Trinajstić information content (AvgIpc) is 2.83. The molecule has 0 unspecified atom stereocenters. The van der Waals surface area contributed by atoms with Gasteiger partial charge >= 0.3 is 5.97 Å². The van der Waals surface area contributed by atoms with E-state index in [1.54, 1.807) is 0 Å². The molecule has 0 radical (unpaired) electrons. The molecule has 3 rings (SSSR count). The van der Waals surface area contributed by atoms with Crippen molar-refractivity contribution in [2.75, 3.05) is 13.7 Å². The van der Waals surface area contributed by atoms with Gasteiger partial charge in [-0.2, -0.15) is 0 Å². The zero-order chi connectivity index (χ0) is 16.2. The smallest absolute Gasteiger partial charge is 0.305 e. The van der Waals surface area contributed by atoms with Crippen molar-refractivity contribution in [3.05, 3.63) is 0 Å². The summed E-state index contributed by atoms with van der Waals surface area (Å²) in [7, 11) is 1.36. The predicted octanol–water partition coefficient (Wildman–Crippen LogP) is 1.34. The SMILES string of the molecule is COC(=O)CC[C@@]12O[C@H]3COC(C)(C)O[C@H]3[C@@H]1OC(C)(C)O2. The van der Waals surface area contributed by atoms with E-state index < -0.39 is 23.5 Å². The van der Waals surface area contributed by atoms with Crippen LogP contribution in [0.3, 0.4) is 0 Å². The lowest BCUT2D eigenvalue weighted by atomic mass is 10.00. The molecule has 7 nitrogen and oxygen atoms in total. The van der Waals surface area contributed by atoms with Gasteiger partial charge in [0.05, 0.1) is 20.1 Å². The number of carbonyl (C=O) groups excluding carboxylic acids is 1. The molecule has 0 saturated carbocycles. The monoisotopic (exact) mass is 316 g/mol. The first-order chi connectivity index (χ1) is 10.2. The molecule has 22 heavy (non-hydrogen) atoms. The fraction of sp³-hybridized carbons (Fsp3) is 0.933. The summed E-state index contributed by atoms with van der Waals surface area (Å²) in [5.74, 6) is -2.80. The van der Waals surface area contributed by atoms with Crippen molar-refractivity contribution in [3.8, 4) is 0 Å². The number of hydrogen-bond donors (Lipinski definition) is 0. The van der Waals surface area contributed by atoms with Gasteiger partial charge in [-0.05, 0) is 27.7 Å². The molecule has 0 aromatic heterocycles. The summed E-state index contributed by atoms with van der Waals surface area (Å²) in [6.45, 7) is 7.78. The Labute approximate surface area is 130 Å². The Morgan fingerprint density at radius 2 is 1.86 bits per heavy atom. The molecule has 0 aliphatic carbocycles. The number of ether oxygens (including phenoxy) is 6. The van der Waals surface area contributed by atoms with Gasteiger partial charge in [0.2, 0.25) is 5.79 Å². The molecule has 0 bridgehead atoms. The summed E-state index contributed by atoms with van der Waals surface area (Å²) in [5.41, 5.74) is 0. The molecule has 126 valence electrons. The van der Waals surface area contributed by atoms with Crippen molar-refractivity contribution in [2.45, 2.75) is 76.2 Å². The first-order valence-electron chi connectivity index (χ1n) is 7.61. The fourth-order valence-corrected chi connectivity index (χ4v) is 3.36. The molecule has 0 aromatic rings.